The molecule has 0 saturated carbocycles. The number of H-pyrrole nitrogens is 1. The molecule has 2 aromatic heterocycles. The van der Waals surface area contributed by atoms with Gasteiger partial charge in [-0.15, -0.1) is 0 Å². The van der Waals surface area contributed by atoms with Crippen molar-refractivity contribution in [3.63, 3.8) is 0 Å². The maximum atomic E-state index is 12.9. The average molecular weight is 489 g/mol. The quantitative estimate of drug-likeness (QED) is 0.395. The van der Waals surface area contributed by atoms with Crippen molar-refractivity contribution in [1.82, 2.24) is 19.7 Å². The number of hydrogen-bond acceptors (Lipinski definition) is 5. The number of nitrogens with zero attached hydrogens (tertiary/aromatic N) is 3. The summed E-state index contributed by atoms with van der Waals surface area (Å²) in [5.74, 6) is 0.740. The number of hydrogen-bond donors (Lipinski definition) is 1. The zero-order valence-electron chi connectivity index (χ0n) is 16.8. The Morgan fingerprint density at radius 2 is 1.75 bits per heavy atom. The van der Waals surface area contributed by atoms with Crippen LogP contribution in [0.4, 0.5) is 0 Å². The highest BCUT2D eigenvalue weighted by molar-refractivity contribution is 9.10. The minimum Gasteiger partial charge on any atom is -0.334 e. The van der Waals surface area contributed by atoms with Crippen molar-refractivity contribution < 1.29 is 4.52 Å². The summed E-state index contributed by atoms with van der Waals surface area (Å²) in [5.41, 5.74) is 2.12. The van der Waals surface area contributed by atoms with Crippen molar-refractivity contribution in [2.75, 3.05) is 0 Å². The third-order valence-corrected chi connectivity index (χ3v) is 5.93. The van der Waals surface area contributed by atoms with Crippen LogP contribution in [0.15, 0.2) is 91.4 Å². The molecule has 0 atom stereocenters. The Morgan fingerprint density at radius 3 is 2.56 bits per heavy atom. The summed E-state index contributed by atoms with van der Waals surface area (Å²) in [7, 11) is 0. The largest absolute Gasteiger partial charge is 0.334 e. The predicted molar refractivity (Wildman–Crippen MR) is 125 cm³/mol. The Kier molecular flexibility index (Phi) is 5.28. The van der Waals surface area contributed by atoms with Gasteiger partial charge in [0.15, 0.2) is 0 Å². The fraction of sp³-hybridized carbons (Fsp3) is 0.0833. The lowest BCUT2D eigenvalue weighted by atomic mass is 10.1. The molecule has 2 heterocycles. The van der Waals surface area contributed by atoms with E-state index in [2.05, 4.69) is 31.1 Å². The van der Waals surface area contributed by atoms with Gasteiger partial charge < -0.3 is 9.51 Å². The van der Waals surface area contributed by atoms with Crippen molar-refractivity contribution in [2.24, 2.45) is 0 Å². The Balaban J connectivity index is 1.48. The molecule has 0 aliphatic rings. The van der Waals surface area contributed by atoms with E-state index in [1.165, 1.54) is 4.57 Å². The fourth-order valence-corrected chi connectivity index (χ4v) is 4.03. The molecule has 0 spiro atoms. The van der Waals surface area contributed by atoms with Gasteiger partial charge in [-0.25, -0.2) is 4.79 Å². The maximum absolute atomic E-state index is 12.9. The van der Waals surface area contributed by atoms with E-state index in [-0.39, 0.29) is 5.56 Å². The molecule has 0 saturated heterocycles. The molecule has 1 N–H and O–H groups in total. The summed E-state index contributed by atoms with van der Waals surface area (Å²) in [4.78, 5) is 32.8. The summed E-state index contributed by atoms with van der Waals surface area (Å²) in [5, 5.41) is 4.48. The molecule has 32 heavy (non-hydrogen) atoms. The van der Waals surface area contributed by atoms with Gasteiger partial charge in [0, 0.05) is 22.1 Å². The van der Waals surface area contributed by atoms with Crippen LogP contribution in [0.25, 0.3) is 33.7 Å². The normalized spacial score (nSPS) is 11.2. The highest BCUT2D eigenvalue weighted by Crippen LogP contribution is 2.28. The first-order valence-electron chi connectivity index (χ1n) is 10.00. The highest BCUT2D eigenvalue weighted by Gasteiger charge is 2.15. The van der Waals surface area contributed by atoms with Crippen molar-refractivity contribution in [2.45, 2.75) is 13.0 Å². The molecular formula is C24H17BrN4O3. The van der Waals surface area contributed by atoms with Crippen molar-refractivity contribution in [3.05, 3.63) is 104 Å². The van der Waals surface area contributed by atoms with E-state index in [9.17, 15) is 9.59 Å². The average Bonchev–Trinajstić information content (AvgIpc) is 3.29. The zero-order chi connectivity index (χ0) is 22.1. The Morgan fingerprint density at radius 1 is 0.969 bits per heavy atom. The van der Waals surface area contributed by atoms with E-state index in [1.807, 2.05) is 54.6 Å². The van der Waals surface area contributed by atoms with Gasteiger partial charge in [-0.1, -0.05) is 63.6 Å². The molecule has 5 aromatic rings. The van der Waals surface area contributed by atoms with Crippen LogP contribution in [-0.2, 0) is 13.0 Å². The number of nitrogens with one attached hydrogen (secondary N) is 1. The van der Waals surface area contributed by atoms with Gasteiger partial charge in [-0.3, -0.25) is 9.36 Å². The number of aromatic amines is 1. The molecule has 0 amide bonds. The SMILES string of the molecule is O=c1[nH]c2cc(-c3nc(-c4ccccc4Br)no3)ccc2c(=O)n1CCc1ccccc1. The van der Waals surface area contributed by atoms with Gasteiger partial charge in [0.2, 0.25) is 5.82 Å². The van der Waals surface area contributed by atoms with Crippen molar-refractivity contribution in [1.29, 1.82) is 0 Å². The van der Waals surface area contributed by atoms with E-state index < -0.39 is 5.69 Å². The Labute approximate surface area is 190 Å². The number of aryl methyl sites for hydroxylation is 1. The van der Waals surface area contributed by atoms with Crippen molar-refractivity contribution in [3.8, 4) is 22.8 Å². The minimum atomic E-state index is -0.449. The van der Waals surface area contributed by atoms with Crippen LogP contribution in [0.3, 0.4) is 0 Å². The number of fused-ring (bicyclic) bond motifs is 1. The van der Waals surface area contributed by atoms with Crippen LogP contribution in [0.2, 0.25) is 0 Å². The maximum Gasteiger partial charge on any atom is 0.328 e. The van der Waals surface area contributed by atoms with Crippen LogP contribution in [0, 0.1) is 0 Å². The summed E-state index contributed by atoms with van der Waals surface area (Å²) >= 11 is 3.48. The van der Waals surface area contributed by atoms with Crippen LogP contribution >= 0.6 is 15.9 Å². The Bertz CT molecular complexity index is 1540. The van der Waals surface area contributed by atoms with E-state index in [0.717, 1.165) is 15.6 Å². The van der Waals surface area contributed by atoms with E-state index >= 15 is 0 Å². The molecule has 0 aliphatic heterocycles. The fourth-order valence-electron chi connectivity index (χ4n) is 3.57. The summed E-state index contributed by atoms with van der Waals surface area (Å²) in [6, 6.07) is 22.4. The van der Waals surface area contributed by atoms with E-state index in [4.69, 9.17) is 4.52 Å². The van der Waals surface area contributed by atoms with Crippen LogP contribution in [0.5, 0.6) is 0 Å². The lowest BCUT2D eigenvalue weighted by Crippen LogP contribution is -2.35. The van der Waals surface area contributed by atoms with Crippen LogP contribution in [-0.4, -0.2) is 19.7 Å². The summed E-state index contributed by atoms with van der Waals surface area (Å²) in [6.45, 7) is 0.300. The number of rotatable bonds is 5. The third-order valence-electron chi connectivity index (χ3n) is 5.24. The minimum absolute atomic E-state index is 0.298. The monoisotopic (exact) mass is 488 g/mol. The molecular weight excluding hydrogens is 472 g/mol. The number of benzene rings is 3. The second kappa shape index (κ2) is 8.39. The van der Waals surface area contributed by atoms with Gasteiger partial charge >= 0.3 is 5.69 Å². The molecule has 3 aromatic carbocycles. The van der Waals surface area contributed by atoms with Gasteiger partial charge in [0.25, 0.3) is 11.4 Å². The molecule has 7 nitrogen and oxygen atoms in total. The van der Waals surface area contributed by atoms with E-state index in [0.29, 0.717) is 41.1 Å². The van der Waals surface area contributed by atoms with Gasteiger partial charge in [0.1, 0.15) is 0 Å². The van der Waals surface area contributed by atoms with E-state index in [1.54, 1.807) is 18.2 Å². The highest BCUT2D eigenvalue weighted by atomic mass is 79.9. The first-order valence-corrected chi connectivity index (χ1v) is 10.8. The summed E-state index contributed by atoms with van der Waals surface area (Å²) < 4.78 is 7.51. The lowest BCUT2D eigenvalue weighted by molar-refractivity contribution is 0.432. The second-order valence-corrected chi connectivity index (χ2v) is 8.14. The second-order valence-electron chi connectivity index (χ2n) is 7.29. The predicted octanol–water partition coefficient (Wildman–Crippen LogP) is 4.41. The number of aromatic nitrogens is 4. The lowest BCUT2D eigenvalue weighted by Gasteiger charge is -2.07. The smallest absolute Gasteiger partial charge is 0.328 e. The molecule has 8 heteroatoms. The summed E-state index contributed by atoms with van der Waals surface area (Å²) in [6.07, 6.45) is 0.591. The Hall–Kier alpha value is -3.78. The standard InChI is InChI=1S/C24H17BrN4O3/c25-19-9-5-4-8-17(19)21-27-22(32-28-21)16-10-11-18-20(14-16)26-24(31)29(23(18)30)13-12-15-6-2-1-3-7-15/h1-11,14H,12-13H2,(H,26,31). The topological polar surface area (TPSA) is 93.8 Å². The van der Waals surface area contributed by atoms with Gasteiger partial charge in [-0.2, -0.15) is 4.98 Å². The number of halogens is 1. The zero-order valence-corrected chi connectivity index (χ0v) is 18.4. The molecule has 0 radical (unpaired) electrons. The van der Waals surface area contributed by atoms with Crippen LogP contribution in [0.1, 0.15) is 5.56 Å². The molecule has 0 fully saturated rings. The first kappa shape index (κ1) is 20.1. The molecule has 0 bridgehead atoms. The van der Waals surface area contributed by atoms with Gasteiger partial charge in [0.05, 0.1) is 10.9 Å². The first-order chi connectivity index (χ1) is 15.6. The van der Waals surface area contributed by atoms with Crippen LogP contribution < -0.4 is 11.2 Å². The van der Waals surface area contributed by atoms with Crippen molar-refractivity contribution >= 4 is 26.8 Å². The molecule has 0 unspecified atom stereocenters. The molecule has 5 rings (SSSR count). The molecule has 0 aliphatic carbocycles. The van der Waals surface area contributed by atoms with Gasteiger partial charge in [-0.05, 0) is 42.3 Å². The molecule has 158 valence electrons. The third kappa shape index (κ3) is 3.80.